The number of carbonyl (C=O) groups excluding carboxylic acids is 2. The fourth-order valence-electron chi connectivity index (χ4n) is 4.60. The number of halogens is 2. The van der Waals surface area contributed by atoms with Gasteiger partial charge in [-0.1, -0.05) is 34.9 Å². The Balaban J connectivity index is 1.68. The first-order chi connectivity index (χ1) is 17.2. The summed E-state index contributed by atoms with van der Waals surface area (Å²) in [6, 6.07) is 9.56. The predicted molar refractivity (Wildman–Crippen MR) is 140 cm³/mol. The zero-order chi connectivity index (χ0) is 25.9. The summed E-state index contributed by atoms with van der Waals surface area (Å²) < 4.78 is 34.2. The molecule has 192 valence electrons. The summed E-state index contributed by atoms with van der Waals surface area (Å²) >= 11 is 12.3. The van der Waals surface area contributed by atoms with Crippen molar-refractivity contribution in [1.82, 2.24) is 4.31 Å². The van der Waals surface area contributed by atoms with Crippen molar-refractivity contribution >= 4 is 50.7 Å². The lowest BCUT2D eigenvalue weighted by atomic mass is 9.97. The van der Waals surface area contributed by atoms with Crippen LogP contribution in [0.5, 0.6) is 5.75 Å². The summed E-state index contributed by atoms with van der Waals surface area (Å²) in [5.41, 5.74) is 1.52. The van der Waals surface area contributed by atoms with Crippen molar-refractivity contribution in [1.29, 1.82) is 0 Å². The second-order valence-electron chi connectivity index (χ2n) is 8.76. The average molecular weight is 551 g/mol. The Labute approximate surface area is 221 Å². The Kier molecular flexibility index (Phi) is 8.40. The Morgan fingerprint density at radius 1 is 1.08 bits per heavy atom. The van der Waals surface area contributed by atoms with Gasteiger partial charge in [0.05, 0.1) is 23.7 Å². The van der Waals surface area contributed by atoms with E-state index in [-0.39, 0.29) is 27.9 Å². The summed E-state index contributed by atoms with van der Waals surface area (Å²) in [7, 11) is -4.24. The first-order valence-electron chi connectivity index (χ1n) is 12.0. The number of rotatable bonds is 9. The van der Waals surface area contributed by atoms with Crippen LogP contribution in [0.4, 0.5) is 5.69 Å². The van der Waals surface area contributed by atoms with Crippen LogP contribution in [-0.2, 0) is 19.6 Å². The monoisotopic (exact) mass is 550 g/mol. The minimum Gasteiger partial charge on any atom is -0.494 e. The molecule has 1 unspecified atom stereocenters. The van der Waals surface area contributed by atoms with E-state index in [1.165, 1.54) is 18.2 Å². The van der Waals surface area contributed by atoms with Crippen LogP contribution in [0.2, 0.25) is 10.0 Å². The number of allylic oxidation sites excluding steroid dienone is 1. The molecule has 0 bridgehead atoms. The molecule has 0 radical (unpaired) electrons. The van der Waals surface area contributed by atoms with Crippen LogP contribution in [0, 0.1) is 0 Å². The maximum absolute atomic E-state index is 13.8. The van der Waals surface area contributed by atoms with Gasteiger partial charge in [-0.3, -0.25) is 9.59 Å². The van der Waals surface area contributed by atoms with Gasteiger partial charge in [0.1, 0.15) is 16.7 Å². The van der Waals surface area contributed by atoms with Crippen molar-refractivity contribution in [2.24, 2.45) is 0 Å². The Morgan fingerprint density at radius 3 is 2.50 bits per heavy atom. The fourth-order valence-corrected chi connectivity index (χ4v) is 6.92. The smallest absolute Gasteiger partial charge is 0.252 e. The van der Waals surface area contributed by atoms with Gasteiger partial charge in [0.15, 0.2) is 0 Å². The van der Waals surface area contributed by atoms with Crippen LogP contribution in [0.3, 0.4) is 0 Å². The number of anilines is 1. The van der Waals surface area contributed by atoms with Crippen LogP contribution in [0.1, 0.15) is 45.4 Å². The molecule has 0 aromatic heterocycles. The molecule has 2 aromatic rings. The third-order valence-corrected chi connectivity index (χ3v) is 9.02. The van der Waals surface area contributed by atoms with Gasteiger partial charge in [-0.2, -0.15) is 4.31 Å². The van der Waals surface area contributed by atoms with Crippen LogP contribution >= 0.6 is 23.2 Å². The van der Waals surface area contributed by atoms with E-state index in [0.717, 1.165) is 40.5 Å². The Bertz CT molecular complexity index is 1280. The third kappa shape index (κ3) is 5.62. The molecule has 10 heteroatoms. The zero-order valence-electron chi connectivity index (χ0n) is 20.0. The van der Waals surface area contributed by atoms with Gasteiger partial charge in [0.2, 0.25) is 15.9 Å². The maximum atomic E-state index is 13.8. The number of imide groups is 1. The SMILES string of the molecule is CCOc1ccc(N2C(=O)CC(N(CCC3=CCCCC3)S(=O)(=O)c3cc(Cl)ccc3Cl)C2=O)cc1. The van der Waals surface area contributed by atoms with E-state index in [9.17, 15) is 18.0 Å². The standard InChI is InChI=1S/C26H28Cl2N2O5S/c1-2-35-21-11-9-20(10-12-21)30-25(31)17-23(26(30)32)29(15-14-18-6-4-3-5-7-18)36(33,34)24-16-19(27)8-13-22(24)28/h6,8-13,16,23H,2-5,7,14-15,17H2,1H3. The van der Waals surface area contributed by atoms with Crippen molar-refractivity contribution in [2.45, 2.75) is 56.4 Å². The van der Waals surface area contributed by atoms with Gasteiger partial charge < -0.3 is 4.74 Å². The largest absolute Gasteiger partial charge is 0.494 e. The lowest BCUT2D eigenvalue weighted by Gasteiger charge is -2.28. The molecule has 1 saturated heterocycles. The molecule has 0 spiro atoms. The molecule has 2 amide bonds. The first kappa shape index (κ1) is 26.7. The lowest BCUT2D eigenvalue weighted by Crippen LogP contribution is -2.46. The van der Waals surface area contributed by atoms with Crippen molar-refractivity contribution < 1.29 is 22.7 Å². The summed E-state index contributed by atoms with van der Waals surface area (Å²) in [6.45, 7) is 2.40. The highest BCUT2D eigenvalue weighted by atomic mass is 35.5. The van der Waals surface area contributed by atoms with E-state index in [1.54, 1.807) is 24.3 Å². The van der Waals surface area contributed by atoms with Crippen molar-refractivity contribution in [3.63, 3.8) is 0 Å². The molecule has 1 aliphatic carbocycles. The Hall–Kier alpha value is -2.39. The molecule has 1 aliphatic heterocycles. The molecule has 36 heavy (non-hydrogen) atoms. The van der Waals surface area contributed by atoms with E-state index in [0.29, 0.717) is 24.5 Å². The number of amides is 2. The summed E-state index contributed by atoms with van der Waals surface area (Å²) in [5.74, 6) is -0.454. The number of hydrogen-bond acceptors (Lipinski definition) is 5. The molecule has 0 saturated carbocycles. The molecular weight excluding hydrogens is 523 g/mol. The molecule has 2 aliphatic rings. The third-order valence-electron chi connectivity index (χ3n) is 6.39. The number of sulfonamides is 1. The van der Waals surface area contributed by atoms with Crippen molar-refractivity contribution in [2.75, 3.05) is 18.1 Å². The normalized spacial score (nSPS) is 18.6. The van der Waals surface area contributed by atoms with Crippen LogP contribution in [0.15, 0.2) is 59.0 Å². The minimum atomic E-state index is -4.24. The highest BCUT2D eigenvalue weighted by molar-refractivity contribution is 7.89. The van der Waals surface area contributed by atoms with E-state index in [4.69, 9.17) is 27.9 Å². The van der Waals surface area contributed by atoms with E-state index >= 15 is 0 Å². The van der Waals surface area contributed by atoms with Crippen molar-refractivity contribution in [3.05, 3.63) is 64.2 Å². The summed E-state index contributed by atoms with van der Waals surface area (Å²) in [4.78, 5) is 27.4. The highest BCUT2D eigenvalue weighted by Gasteiger charge is 2.47. The number of benzene rings is 2. The topological polar surface area (TPSA) is 84.0 Å². The Morgan fingerprint density at radius 2 is 1.83 bits per heavy atom. The maximum Gasteiger partial charge on any atom is 0.252 e. The molecule has 1 atom stereocenters. The van der Waals surface area contributed by atoms with Gasteiger partial charge in [-0.25, -0.2) is 13.3 Å². The molecule has 7 nitrogen and oxygen atoms in total. The van der Waals surface area contributed by atoms with Crippen LogP contribution in [0.25, 0.3) is 0 Å². The molecular formula is C26H28Cl2N2O5S. The molecule has 2 aromatic carbocycles. The summed E-state index contributed by atoms with van der Waals surface area (Å²) in [6.07, 6.45) is 6.34. The quantitative estimate of drug-likeness (QED) is 0.299. The lowest BCUT2D eigenvalue weighted by molar-refractivity contribution is -0.122. The van der Waals surface area contributed by atoms with E-state index in [1.807, 2.05) is 6.92 Å². The fraction of sp³-hybridized carbons (Fsp3) is 0.385. The number of nitrogens with zero attached hydrogens (tertiary/aromatic N) is 2. The van der Waals surface area contributed by atoms with Gasteiger partial charge in [-0.05, 0) is 81.5 Å². The van der Waals surface area contributed by atoms with Gasteiger partial charge in [0.25, 0.3) is 5.91 Å². The van der Waals surface area contributed by atoms with E-state index in [2.05, 4.69) is 6.08 Å². The van der Waals surface area contributed by atoms with Gasteiger partial charge in [0, 0.05) is 11.6 Å². The van der Waals surface area contributed by atoms with E-state index < -0.39 is 27.9 Å². The minimum absolute atomic E-state index is 0.00132. The molecule has 4 rings (SSSR count). The highest BCUT2D eigenvalue weighted by Crippen LogP contribution is 2.34. The summed E-state index contributed by atoms with van der Waals surface area (Å²) in [5, 5.41) is 0.208. The van der Waals surface area contributed by atoms with Crippen molar-refractivity contribution in [3.8, 4) is 5.75 Å². The number of ether oxygens (including phenoxy) is 1. The first-order valence-corrected chi connectivity index (χ1v) is 14.2. The number of carbonyl (C=O) groups is 2. The molecule has 1 fully saturated rings. The predicted octanol–water partition coefficient (Wildman–Crippen LogP) is 5.61. The molecule has 0 N–H and O–H groups in total. The van der Waals surface area contributed by atoms with Gasteiger partial charge >= 0.3 is 0 Å². The second kappa shape index (κ2) is 11.3. The average Bonchev–Trinajstić information content (AvgIpc) is 3.15. The molecule has 1 heterocycles. The van der Waals surface area contributed by atoms with Crippen LogP contribution < -0.4 is 9.64 Å². The van der Waals surface area contributed by atoms with Gasteiger partial charge in [-0.15, -0.1) is 0 Å². The van der Waals surface area contributed by atoms with Crippen LogP contribution in [-0.4, -0.2) is 43.7 Å². The number of hydrogen-bond donors (Lipinski definition) is 0. The second-order valence-corrected chi connectivity index (χ2v) is 11.5. The zero-order valence-corrected chi connectivity index (χ0v) is 22.3.